The van der Waals surface area contributed by atoms with Crippen LogP contribution in [0, 0.1) is 0 Å². The zero-order valence-electron chi connectivity index (χ0n) is 31.9. The predicted octanol–water partition coefficient (Wildman–Crippen LogP) is 5.46. The fraction of sp³-hybridized carbons (Fsp3) is 0.524. The van der Waals surface area contributed by atoms with Crippen molar-refractivity contribution in [3.63, 3.8) is 0 Å². The number of rotatable bonds is 19. The number of likely N-dealkylation sites (N-methyl/N-ethyl adjacent to an activating group) is 2. The molecule has 0 aromatic heterocycles. The van der Waals surface area contributed by atoms with Gasteiger partial charge in [-0.25, -0.2) is 4.79 Å². The Kier molecular flexibility index (Phi) is 15.8. The summed E-state index contributed by atoms with van der Waals surface area (Å²) in [7, 11) is 4.89. The van der Waals surface area contributed by atoms with Crippen LogP contribution in [0.1, 0.15) is 93.1 Å². The van der Waals surface area contributed by atoms with Gasteiger partial charge in [-0.3, -0.25) is 14.4 Å². The Bertz CT molecular complexity index is 1580. The number of carbonyl (C=O) groups excluding carboxylic acids is 4. The Morgan fingerprint density at radius 2 is 1.60 bits per heavy atom. The number of fused-ring (bicyclic) bond motifs is 1. The lowest BCUT2D eigenvalue weighted by atomic mass is 9.90. The van der Waals surface area contributed by atoms with Crippen LogP contribution in [0.2, 0.25) is 0 Å². The maximum absolute atomic E-state index is 14.4. The van der Waals surface area contributed by atoms with Crippen LogP contribution in [0.15, 0.2) is 72.3 Å². The van der Waals surface area contributed by atoms with Gasteiger partial charge in [-0.15, -0.1) is 0 Å². The van der Waals surface area contributed by atoms with Crippen molar-refractivity contribution in [1.29, 1.82) is 0 Å². The van der Waals surface area contributed by atoms with E-state index in [0.717, 1.165) is 44.1 Å². The molecule has 4 rings (SSSR count). The number of nitrogens with zero attached hydrogens (tertiary/aromatic N) is 2. The van der Waals surface area contributed by atoms with Gasteiger partial charge in [-0.05, 0) is 42.2 Å². The Morgan fingerprint density at radius 3 is 2.25 bits per heavy atom. The van der Waals surface area contributed by atoms with Crippen molar-refractivity contribution in [1.82, 2.24) is 15.1 Å². The summed E-state index contributed by atoms with van der Waals surface area (Å²) in [6, 6.07) is 15.4. The highest BCUT2D eigenvalue weighted by Crippen LogP contribution is 2.43. The molecule has 11 heteroatoms. The number of hydrogen-bond donors (Lipinski definition) is 2. The second-order valence-corrected chi connectivity index (χ2v) is 14.1. The Hall–Kier alpha value is -4.32. The van der Waals surface area contributed by atoms with Crippen LogP contribution in [-0.2, 0) is 35.0 Å². The maximum atomic E-state index is 14.4. The van der Waals surface area contributed by atoms with Crippen LogP contribution in [0.25, 0.3) is 6.08 Å². The first-order chi connectivity index (χ1) is 25.5. The standard InChI is InChI=1S/C42H57N3O8/c1-6-8-15-23-42(24-16-9-7-2)52-36-29-32(40(49)45(5)34(39(48)43-25-26-46)27-30-17-11-10-12-18-30)28-35(38(36)53-42)51-41(50)33-20-14-13-19-31(33)21-22-37(47)44(3)4/h10-14,17-22,29,34-36,38,46H,6-9,15-16,23-28H2,1-5H3,(H,43,48). The van der Waals surface area contributed by atoms with Crippen LogP contribution in [0.3, 0.4) is 0 Å². The molecule has 11 nitrogen and oxygen atoms in total. The maximum Gasteiger partial charge on any atom is 0.339 e. The molecule has 1 aliphatic carbocycles. The molecular weight excluding hydrogens is 674 g/mol. The molecule has 0 bridgehead atoms. The minimum absolute atomic E-state index is 0.0485. The minimum Gasteiger partial charge on any atom is -0.456 e. The van der Waals surface area contributed by atoms with Crippen molar-refractivity contribution in [2.75, 3.05) is 34.3 Å². The average Bonchev–Trinajstić information content (AvgIpc) is 3.53. The minimum atomic E-state index is -0.890. The first kappa shape index (κ1) is 41.4. The molecule has 2 aliphatic rings. The molecule has 2 N–H and O–H groups in total. The van der Waals surface area contributed by atoms with E-state index < -0.39 is 42.0 Å². The van der Waals surface area contributed by atoms with Gasteiger partial charge in [0, 0.05) is 65.0 Å². The fourth-order valence-corrected chi connectivity index (χ4v) is 6.84. The molecular formula is C42H57N3O8. The summed E-state index contributed by atoms with van der Waals surface area (Å²) in [5, 5.41) is 12.1. The summed E-state index contributed by atoms with van der Waals surface area (Å²) in [5.74, 6) is -2.52. The molecule has 288 valence electrons. The summed E-state index contributed by atoms with van der Waals surface area (Å²) >= 11 is 0. The first-order valence-electron chi connectivity index (χ1n) is 19.0. The SMILES string of the molecule is CCCCCC1(CCCCC)OC2C=C(C(=O)N(C)C(Cc3ccccc3)C(=O)NCCO)CC(OC(=O)c3ccccc3C=CC(=O)N(C)C)C2O1. The predicted molar refractivity (Wildman–Crippen MR) is 204 cm³/mol. The highest BCUT2D eigenvalue weighted by Gasteiger charge is 2.52. The number of unbranched alkanes of at least 4 members (excludes halogenated alkanes) is 4. The molecule has 0 spiro atoms. The van der Waals surface area contributed by atoms with Crippen LogP contribution in [0.5, 0.6) is 0 Å². The number of aliphatic hydroxyl groups excluding tert-OH is 1. The number of nitrogens with one attached hydrogen (secondary N) is 1. The smallest absolute Gasteiger partial charge is 0.339 e. The second kappa shape index (κ2) is 20.2. The third kappa shape index (κ3) is 11.3. The molecule has 1 saturated heterocycles. The molecule has 1 fully saturated rings. The lowest BCUT2D eigenvalue weighted by Crippen LogP contribution is -2.51. The van der Waals surface area contributed by atoms with Crippen LogP contribution >= 0.6 is 0 Å². The molecule has 4 atom stereocenters. The Labute approximate surface area is 314 Å². The van der Waals surface area contributed by atoms with Gasteiger partial charge in [0.25, 0.3) is 0 Å². The lowest BCUT2D eigenvalue weighted by Gasteiger charge is -2.33. The third-order valence-electron chi connectivity index (χ3n) is 9.83. The first-order valence-corrected chi connectivity index (χ1v) is 19.0. The third-order valence-corrected chi connectivity index (χ3v) is 9.83. The van der Waals surface area contributed by atoms with E-state index in [0.29, 0.717) is 24.0 Å². The number of hydrogen-bond acceptors (Lipinski definition) is 8. The largest absolute Gasteiger partial charge is 0.456 e. The molecule has 53 heavy (non-hydrogen) atoms. The monoisotopic (exact) mass is 731 g/mol. The Balaban J connectivity index is 1.68. The molecule has 0 radical (unpaired) electrons. The van der Waals surface area contributed by atoms with Gasteiger partial charge < -0.3 is 34.4 Å². The van der Waals surface area contributed by atoms with E-state index in [2.05, 4.69) is 19.2 Å². The molecule has 2 aromatic rings. The Morgan fingerprint density at radius 1 is 0.943 bits per heavy atom. The summed E-state index contributed by atoms with van der Waals surface area (Å²) in [6.07, 6.45) is 10.1. The molecule has 3 amide bonds. The van der Waals surface area contributed by atoms with E-state index >= 15 is 0 Å². The van der Waals surface area contributed by atoms with Gasteiger partial charge in [0.15, 0.2) is 5.79 Å². The van der Waals surface area contributed by atoms with Crippen molar-refractivity contribution in [2.45, 2.75) is 108 Å². The van der Waals surface area contributed by atoms with Gasteiger partial charge in [0.1, 0.15) is 24.4 Å². The topological polar surface area (TPSA) is 135 Å². The number of benzene rings is 2. The van der Waals surface area contributed by atoms with Crippen molar-refractivity contribution in [3.8, 4) is 0 Å². The average molecular weight is 732 g/mol. The van der Waals surface area contributed by atoms with Crippen LogP contribution in [-0.4, -0.2) is 103 Å². The van der Waals surface area contributed by atoms with E-state index in [9.17, 15) is 24.3 Å². The van der Waals surface area contributed by atoms with E-state index in [4.69, 9.17) is 14.2 Å². The van der Waals surface area contributed by atoms with E-state index in [1.165, 1.54) is 15.9 Å². The summed E-state index contributed by atoms with van der Waals surface area (Å²) in [6.45, 7) is 4.11. The van der Waals surface area contributed by atoms with Crippen molar-refractivity contribution in [2.24, 2.45) is 0 Å². The molecule has 2 aromatic carbocycles. The van der Waals surface area contributed by atoms with Gasteiger partial charge in [-0.1, -0.05) is 88.1 Å². The number of amides is 3. The van der Waals surface area contributed by atoms with Gasteiger partial charge in [0.05, 0.1) is 12.2 Å². The van der Waals surface area contributed by atoms with Crippen molar-refractivity contribution < 1.29 is 38.5 Å². The number of esters is 1. The highest BCUT2D eigenvalue weighted by molar-refractivity contribution is 5.98. The lowest BCUT2D eigenvalue weighted by molar-refractivity contribution is -0.190. The highest BCUT2D eigenvalue weighted by atomic mass is 16.8. The summed E-state index contributed by atoms with van der Waals surface area (Å²) < 4.78 is 19.8. The summed E-state index contributed by atoms with van der Waals surface area (Å²) in [4.78, 5) is 56.9. The quantitative estimate of drug-likeness (QED) is 0.111. The van der Waals surface area contributed by atoms with E-state index in [1.54, 1.807) is 57.6 Å². The normalized spacial score (nSPS) is 19.6. The van der Waals surface area contributed by atoms with Crippen molar-refractivity contribution in [3.05, 3.63) is 89.0 Å². The van der Waals surface area contributed by atoms with Crippen molar-refractivity contribution >= 4 is 29.8 Å². The number of carbonyl (C=O) groups is 4. The zero-order chi connectivity index (χ0) is 38.4. The number of aliphatic hydroxyl groups is 1. The fourth-order valence-electron chi connectivity index (χ4n) is 6.84. The van der Waals surface area contributed by atoms with Crippen LogP contribution in [0.4, 0.5) is 0 Å². The van der Waals surface area contributed by atoms with E-state index in [-0.39, 0.29) is 43.4 Å². The van der Waals surface area contributed by atoms with Gasteiger partial charge >= 0.3 is 5.97 Å². The molecule has 1 aliphatic heterocycles. The zero-order valence-corrected chi connectivity index (χ0v) is 31.9. The van der Waals surface area contributed by atoms with E-state index in [1.807, 2.05) is 30.3 Å². The second-order valence-electron chi connectivity index (χ2n) is 14.1. The van der Waals surface area contributed by atoms with Gasteiger partial charge in [0.2, 0.25) is 17.7 Å². The molecule has 1 heterocycles. The van der Waals surface area contributed by atoms with Crippen LogP contribution < -0.4 is 5.32 Å². The summed E-state index contributed by atoms with van der Waals surface area (Å²) in [5.41, 5.74) is 2.01. The van der Waals surface area contributed by atoms with Gasteiger partial charge in [-0.2, -0.15) is 0 Å². The number of ether oxygens (including phenoxy) is 3. The molecule has 4 unspecified atom stereocenters. The molecule has 0 saturated carbocycles.